The molecule has 0 aliphatic rings. The molecule has 0 radical (unpaired) electrons. The Hall–Kier alpha value is -3.12. The first-order chi connectivity index (χ1) is 13.4. The van der Waals surface area contributed by atoms with Crippen molar-refractivity contribution in [1.29, 1.82) is 0 Å². The van der Waals surface area contributed by atoms with Crippen molar-refractivity contribution in [2.24, 2.45) is 0 Å². The number of esters is 1. The van der Waals surface area contributed by atoms with Gasteiger partial charge in [-0.3, -0.25) is 0 Å². The highest BCUT2D eigenvalue weighted by molar-refractivity contribution is 6.31. The van der Waals surface area contributed by atoms with Crippen LogP contribution in [-0.2, 0) is 4.74 Å². The van der Waals surface area contributed by atoms with E-state index in [4.69, 9.17) is 25.2 Å². The number of ether oxygens (including phenoxy) is 1. The van der Waals surface area contributed by atoms with Crippen LogP contribution in [0.2, 0.25) is 5.02 Å². The van der Waals surface area contributed by atoms with Crippen LogP contribution < -0.4 is 0 Å². The number of nitrogens with zero attached hydrogens (tertiary/aromatic N) is 2. The first-order valence-corrected chi connectivity index (χ1v) is 9.10. The maximum Gasteiger partial charge on any atom is 0.375 e. The molecule has 2 heterocycles. The van der Waals surface area contributed by atoms with Gasteiger partial charge in [0.2, 0.25) is 11.7 Å². The van der Waals surface area contributed by atoms with E-state index < -0.39 is 12.1 Å². The average Bonchev–Trinajstić information content (AvgIpc) is 3.28. The molecule has 7 heteroatoms. The number of aryl methyl sites for hydroxylation is 2. The van der Waals surface area contributed by atoms with E-state index in [1.54, 1.807) is 32.0 Å². The van der Waals surface area contributed by atoms with Crippen molar-refractivity contribution in [2.45, 2.75) is 26.9 Å². The van der Waals surface area contributed by atoms with Gasteiger partial charge in [-0.15, -0.1) is 10.2 Å². The lowest BCUT2D eigenvalue weighted by Gasteiger charge is -2.08. The topological polar surface area (TPSA) is 78.4 Å². The van der Waals surface area contributed by atoms with E-state index in [2.05, 4.69) is 10.2 Å². The van der Waals surface area contributed by atoms with E-state index >= 15 is 0 Å². The molecule has 4 rings (SSSR count). The number of carbonyl (C=O) groups excluding carboxylic acids is 1. The molecule has 0 unspecified atom stereocenters. The standard InChI is InChI=1S/C21H17ClN2O4/c1-11-4-6-14(7-5-11)20-24-23-19(28-20)13(3)26-21(25)18-12(2)16-10-15(22)8-9-17(16)27-18/h4-10,13H,1-3H3/t13-/m1/s1. The molecule has 0 amide bonds. The Balaban J connectivity index is 1.54. The number of halogens is 1. The van der Waals surface area contributed by atoms with E-state index in [9.17, 15) is 4.79 Å². The summed E-state index contributed by atoms with van der Waals surface area (Å²) >= 11 is 6.02. The predicted molar refractivity (Wildman–Crippen MR) is 104 cm³/mol. The van der Waals surface area contributed by atoms with Crippen LogP contribution in [-0.4, -0.2) is 16.2 Å². The number of benzene rings is 2. The van der Waals surface area contributed by atoms with Crippen molar-refractivity contribution in [3.63, 3.8) is 0 Å². The number of rotatable bonds is 4. The molecule has 4 aromatic rings. The van der Waals surface area contributed by atoms with Gasteiger partial charge in [-0.2, -0.15) is 0 Å². The van der Waals surface area contributed by atoms with Gasteiger partial charge in [0.15, 0.2) is 6.10 Å². The van der Waals surface area contributed by atoms with Gasteiger partial charge in [-0.25, -0.2) is 4.79 Å². The fraction of sp³-hybridized carbons (Fsp3) is 0.190. The lowest BCUT2D eigenvalue weighted by molar-refractivity contribution is 0.0245. The largest absolute Gasteiger partial charge is 0.449 e. The van der Waals surface area contributed by atoms with Gasteiger partial charge in [0.1, 0.15) is 5.58 Å². The third-order valence-corrected chi connectivity index (χ3v) is 4.69. The van der Waals surface area contributed by atoms with Crippen LogP contribution in [0.3, 0.4) is 0 Å². The molecule has 0 aliphatic carbocycles. The number of fused-ring (bicyclic) bond motifs is 1. The fourth-order valence-electron chi connectivity index (χ4n) is 2.86. The van der Waals surface area contributed by atoms with Crippen molar-refractivity contribution < 1.29 is 18.4 Å². The molecule has 0 spiro atoms. The summed E-state index contributed by atoms with van der Waals surface area (Å²) in [6, 6.07) is 12.9. The molecule has 0 bridgehead atoms. The highest BCUT2D eigenvalue weighted by Crippen LogP contribution is 2.30. The van der Waals surface area contributed by atoms with Crippen LogP contribution in [0.15, 0.2) is 51.3 Å². The smallest absolute Gasteiger partial charge is 0.375 e. The molecule has 0 aliphatic heterocycles. The Morgan fingerprint density at radius 2 is 1.82 bits per heavy atom. The van der Waals surface area contributed by atoms with Crippen LogP contribution in [0, 0.1) is 13.8 Å². The summed E-state index contributed by atoms with van der Waals surface area (Å²) in [6.45, 7) is 5.45. The average molecular weight is 397 g/mol. The van der Waals surface area contributed by atoms with Crippen molar-refractivity contribution >= 4 is 28.5 Å². The van der Waals surface area contributed by atoms with E-state index in [1.165, 1.54) is 0 Å². The second-order valence-electron chi connectivity index (χ2n) is 6.56. The predicted octanol–water partition coefficient (Wildman–Crippen LogP) is 5.67. The molecular weight excluding hydrogens is 380 g/mol. The van der Waals surface area contributed by atoms with Crippen molar-refractivity contribution in [2.75, 3.05) is 0 Å². The van der Waals surface area contributed by atoms with Gasteiger partial charge in [0.05, 0.1) is 0 Å². The molecule has 2 aromatic carbocycles. The zero-order valence-corrected chi connectivity index (χ0v) is 16.3. The van der Waals surface area contributed by atoms with E-state index in [0.717, 1.165) is 16.5 Å². The molecule has 6 nitrogen and oxygen atoms in total. The lowest BCUT2D eigenvalue weighted by atomic mass is 10.1. The summed E-state index contributed by atoms with van der Waals surface area (Å²) in [5.74, 6) is 0.1000. The van der Waals surface area contributed by atoms with Crippen molar-refractivity contribution in [3.05, 3.63) is 70.3 Å². The quantitative estimate of drug-likeness (QED) is 0.413. The number of hydrogen-bond donors (Lipinski definition) is 0. The summed E-state index contributed by atoms with van der Waals surface area (Å²) in [6.07, 6.45) is -0.726. The Bertz CT molecular complexity index is 1160. The third-order valence-electron chi connectivity index (χ3n) is 4.45. The zero-order chi connectivity index (χ0) is 19.8. The van der Waals surface area contributed by atoms with Crippen molar-refractivity contribution in [3.8, 4) is 11.5 Å². The second kappa shape index (κ2) is 7.13. The molecule has 2 aromatic heterocycles. The Morgan fingerprint density at radius 3 is 2.57 bits per heavy atom. The van der Waals surface area contributed by atoms with E-state index in [0.29, 0.717) is 22.1 Å². The normalized spacial score (nSPS) is 12.3. The second-order valence-corrected chi connectivity index (χ2v) is 6.99. The van der Waals surface area contributed by atoms with Crippen LogP contribution in [0.4, 0.5) is 0 Å². The highest BCUT2D eigenvalue weighted by atomic mass is 35.5. The number of carbonyl (C=O) groups is 1. The SMILES string of the molecule is Cc1ccc(-c2nnc([C@@H](C)OC(=O)c3oc4ccc(Cl)cc4c3C)o2)cc1. The van der Waals surface area contributed by atoms with Gasteiger partial charge >= 0.3 is 5.97 Å². The summed E-state index contributed by atoms with van der Waals surface area (Å²) < 4.78 is 16.8. The van der Waals surface area contributed by atoms with Gasteiger partial charge in [0.25, 0.3) is 5.89 Å². The molecule has 142 valence electrons. The highest BCUT2D eigenvalue weighted by Gasteiger charge is 2.24. The minimum atomic E-state index is -0.726. The molecule has 0 saturated heterocycles. The van der Waals surface area contributed by atoms with Gasteiger partial charge in [-0.05, 0) is 51.1 Å². The minimum absolute atomic E-state index is 0.127. The first-order valence-electron chi connectivity index (χ1n) is 8.72. The minimum Gasteiger partial charge on any atom is -0.449 e. The van der Waals surface area contributed by atoms with E-state index in [-0.39, 0.29) is 11.7 Å². The summed E-state index contributed by atoms with van der Waals surface area (Å²) in [5.41, 5.74) is 3.17. The Labute approximate surface area is 166 Å². The third kappa shape index (κ3) is 3.39. The fourth-order valence-corrected chi connectivity index (χ4v) is 3.04. The molecule has 28 heavy (non-hydrogen) atoms. The summed E-state index contributed by atoms with van der Waals surface area (Å²) in [5, 5.41) is 9.37. The Kier molecular flexibility index (Phi) is 4.65. The van der Waals surface area contributed by atoms with Gasteiger partial charge in [0, 0.05) is 21.5 Å². The van der Waals surface area contributed by atoms with Gasteiger partial charge in [-0.1, -0.05) is 29.3 Å². The maximum absolute atomic E-state index is 12.6. The first kappa shape index (κ1) is 18.3. The number of aromatic nitrogens is 2. The molecule has 0 saturated carbocycles. The molecule has 0 N–H and O–H groups in total. The van der Waals surface area contributed by atoms with Crippen LogP contribution in [0.25, 0.3) is 22.4 Å². The van der Waals surface area contributed by atoms with Crippen LogP contribution in [0.5, 0.6) is 0 Å². The molecule has 0 fully saturated rings. The van der Waals surface area contributed by atoms with Crippen LogP contribution >= 0.6 is 11.6 Å². The van der Waals surface area contributed by atoms with Gasteiger partial charge < -0.3 is 13.6 Å². The number of hydrogen-bond acceptors (Lipinski definition) is 6. The zero-order valence-electron chi connectivity index (χ0n) is 15.5. The van der Waals surface area contributed by atoms with Crippen LogP contribution in [0.1, 0.15) is 40.6 Å². The lowest BCUT2D eigenvalue weighted by Crippen LogP contribution is -2.09. The van der Waals surface area contributed by atoms with Crippen molar-refractivity contribution in [1.82, 2.24) is 10.2 Å². The van der Waals surface area contributed by atoms with E-state index in [1.807, 2.05) is 31.2 Å². The molecule has 1 atom stereocenters. The number of furan rings is 1. The monoisotopic (exact) mass is 396 g/mol. The summed E-state index contributed by atoms with van der Waals surface area (Å²) in [4.78, 5) is 12.6. The summed E-state index contributed by atoms with van der Waals surface area (Å²) in [7, 11) is 0. The Morgan fingerprint density at radius 1 is 1.07 bits per heavy atom. The molecular formula is C21H17ClN2O4. The maximum atomic E-state index is 12.6.